The Balaban J connectivity index is 2.17. The number of anilines is 1. The monoisotopic (exact) mass is 363 g/mol. The van der Waals surface area contributed by atoms with Crippen molar-refractivity contribution in [1.29, 1.82) is 0 Å². The van der Waals surface area contributed by atoms with Crippen LogP contribution in [0.2, 0.25) is 0 Å². The van der Waals surface area contributed by atoms with Crippen LogP contribution in [0.5, 0.6) is 11.5 Å². The van der Waals surface area contributed by atoms with Crippen molar-refractivity contribution >= 4 is 22.5 Å². The third-order valence-electron chi connectivity index (χ3n) is 5.11. The van der Waals surface area contributed by atoms with Gasteiger partial charge < -0.3 is 20.1 Å². The first-order valence-corrected chi connectivity index (χ1v) is 8.74. The molecule has 3 aromatic rings. The van der Waals surface area contributed by atoms with Gasteiger partial charge in [-0.15, -0.1) is 0 Å². The van der Waals surface area contributed by atoms with Crippen molar-refractivity contribution in [3.05, 3.63) is 47.7 Å². The van der Waals surface area contributed by atoms with E-state index in [-0.39, 0.29) is 5.91 Å². The molecule has 1 aliphatic heterocycles. The van der Waals surface area contributed by atoms with Crippen LogP contribution in [0.1, 0.15) is 15.9 Å². The molecule has 1 amide bonds. The topological polar surface area (TPSA) is 77.7 Å². The Morgan fingerprint density at radius 1 is 1.07 bits per heavy atom. The number of ether oxygens (including phenoxy) is 2. The third kappa shape index (κ3) is 2.48. The largest absolute Gasteiger partial charge is 0.496 e. The van der Waals surface area contributed by atoms with Crippen molar-refractivity contribution in [1.82, 2.24) is 9.88 Å². The number of nitrogens with zero attached hydrogens (tertiary/aromatic N) is 2. The molecule has 2 heterocycles. The summed E-state index contributed by atoms with van der Waals surface area (Å²) in [5.41, 5.74) is 10.7. The molecule has 0 atom stereocenters. The summed E-state index contributed by atoms with van der Waals surface area (Å²) in [5, 5.41) is 0.811. The highest BCUT2D eigenvalue weighted by Gasteiger charge is 2.32. The number of nitrogens with two attached hydrogens (primary N) is 1. The number of nitrogen functional groups attached to an aromatic ring is 1. The highest BCUT2D eigenvalue weighted by molar-refractivity contribution is 6.11. The molecule has 2 N–H and O–H groups in total. The lowest BCUT2D eigenvalue weighted by atomic mass is 9.90. The maximum atomic E-state index is 12.9. The maximum absolute atomic E-state index is 12.9. The number of aromatic nitrogens is 1. The average Bonchev–Trinajstić information content (AvgIpc) is 2.69. The molecule has 0 fully saturated rings. The van der Waals surface area contributed by atoms with Gasteiger partial charge in [0.05, 0.1) is 25.2 Å². The van der Waals surface area contributed by atoms with E-state index in [0.29, 0.717) is 41.2 Å². The number of likely N-dealkylation sites (N-methyl/N-ethyl adjacent to an activating group) is 1. The molecule has 138 valence electrons. The van der Waals surface area contributed by atoms with Gasteiger partial charge in [-0.3, -0.25) is 9.78 Å². The Hall–Kier alpha value is -3.28. The fraction of sp³-hybridized carbons (Fsp3) is 0.238. The number of hydrogen-bond donors (Lipinski definition) is 1. The SMILES string of the molecule is COc1c2c(c(OC)c3c(-c4ccccc4N)ccnc13)CCN(C)C2=O. The molecule has 6 heteroatoms. The smallest absolute Gasteiger partial charge is 0.257 e. The molecule has 0 bridgehead atoms. The van der Waals surface area contributed by atoms with Gasteiger partial charge >= 0.3 is 0 Å². The summed E-state index contributed by atoms with van der Waals surface area (Å²) in [6, 6.07) is 9.59. The number of carbonyl (C=O) groups is 1. The van der Waals surface area contributed by atoms with Gasteiger partial charge in [0.25, 0.3) is 5.91 Å². The highest BCUT2D eigenvalue weighted by atomic mass is 16.5. The number of fused-ring (bicyclic) bond motifs is 2. The maximum Gasteiger partial charge on any atom is 0.257 e. The molecule has 27 heavy (non-hydrogen) atoms. The number of amides is 1. The molecule has 1 aromatic heterocycles. The molecule has 2 aromatic carbocycles. The van der Waals surface area contributed by atoms with E-state index in [1.807, 2.05) is 30.3 Å². The molecule has 6 nitrogen and oxygen atoms in total. The second-order valence-electron chi connectivity index (χ2n) is 6.57. The number of rotatable bonds is 3. The highest BCUT2D eigenvalue weighted by Crippen LogP contribution is 2.46. The molecule has 0 saturated carbocycles. The minimum atomic E-state index is -0.0836. The van der Waals surface area contributed by atoms with Crippen molar-refractivity contribution in [3.63, 3.8) is 0 Å². The zero-order valence-corrected chi connectivity index (χ0v) is 15.6. The van der Waals surface area contributed by atoms with Gasteiger partial charge in [-0.25, -0.2) is 0 Å². The fourth-order valence-electron chi connectivity index (χ4n) is 3.81. The summed E-state index contributed by atoms with van der Waals surface area (Å²) in [4.78, 5) is 19.1. The van der Waals surface area contributed by atoms with Crippen LogP contribution in [0.15, 0.2) is 36.5 Å². The summed E-state index contributed by atoms with van der Waals surface area (Å²) < 4.78 is 11.5. The van der Waals surface area contributed by atoms with E-state index in [1.54, 1.807) is 32.4 Å². The van der Waals surface area contributed by atoms with Crippen LogP contribution in [-0.4, -0.2) is 43.6 Å². The Morgan fingerprint density at radius 2 is 1.81 bits per heavy atom. The van der Waals surface area contributed by atoms with Crippen molar-refractivity contribution in [2.24, 2.45) is 0 Å². The van der Waals surface area contributed by atoms with Crippen LogP contribution >= 0.6 is 0 Å². The molecule has 4 rings (SSSR count). The molecule has 0 spiro atoms. The number of methoxy groups -OCH3 is 2. The van der Waals surface area contributed by atoms with Crippen LogP contribution < -0.4 is 15.2 Å². The number of pyridine rings is 1. The van der Waals surface area contributed by atoms with Crippen LogP contribution in [0, 0.1) is 0 Å². The van der Waals surface area contributed by atoms with Crippen LogP contribution in [0.25, 0.3) is 22.0 Å². The Labute approximate surface area is 157 Å². The van der Waals surface area contributed by atoms with Crippen LogP contribution in [-0.2, 0) is 6.42 Å². The van der Waals surface area contributed by atoms with E-state index in [1.165, 1.54) is 0 Å². The van der Waals surface area contributed by atoms with E-state index in [0.717, 1.165) is 22.1 Å². The molecule has 0 saturated heterocycles. The van der Waals surface area contributed by atoms with Crippen LogP contribution in [0.4, 0.5) is 5.69 Å². The van der Waals surface area contributed by atoms with E-state index >= 15 is 0 Å². The quantitative estimate of drug-likeness (QED) is 0.724. The minimum absolute atomic E-state index is 0.0836. The van der Waals surface area contributed by atoms with E-state index < -0.39 is 0 Å². The van der Waals surface area contributed by atoms with Gasteiger partial charge in [0.1, 0.15) is 11.3 Å². The van der Waals surface area contributed by atoms with Crippen molar-refractivity contribution < 1.29 is 14.3 Å². The van der Waals surface area contributed by atoms with Gasteiger partial charge in [0, 0.05) is 36.6 Å². The normalized spacial score (nSPS) is 13.6. The van der Waals surface area contributed by atoms with Gasteiger partial charge in [-0.1, -0.05) is 18.2 Å². The molecule has 1 aliphatic rings. The predicted octanol–water partition coefficient (Wildman–Crippen LogP) is 3.13. The molecule has 0 unspecified atom stereocenters. The number of para-hydroxylation sites is 1. The molecular formula is C21H21N3O3. The summed E-state index contributed by atoms with van der Waals surface area (Å²) in [7, 11) is 4.97. The van der Waals surface area contributed by atoms with Crippen molar-refractivity contribution in [2.75, 3.05) is 33.5 Å². The van der Waals surface area contributed by atoms with Crippen LogP contribution in [0.3, 0.4) is 0 Å². The van der Waals surface area contributed by atoms with Gasteiger partial charge in [-0.05, 0) is 24.1 Å². The lowest BCUT2D eigenvalue weighted by Gasteiger charge is -2.29. The van der Waals surface area contributed by atoms with E-state index in [4.69, 9.17) is 15.2 Å². The average molecular weight is 363 g/mol. The van der Waals surface area contributed by atoms with Gasteiger partial charge in [0.15, 0.2) is 5.75 Å². The summed E-state index contributed by atoms with van der Waals surface area (Å²) in [5.74, 6) is 1.06. The van der Waals surface area contributed by atoms with Gasteiger partial charge in [0.2, 0.25) is 0 Å². The number of carbonyl (C=O) groups excluding carboxylic acids is 1. The molecule has 0 radical (unpaired) electrons. The second-order valence-corrected chi connectivity index (χ2v) is 6.57. The summed E-state index contributed by atoms with van der Waals surface area (Å²) in [6.07, 6.45) is 2.39. The fourth-order valence-corrected chi connectivity index (χ4v) is 3.81. The first kappa shape index (κ1) is 17.1. The zero-order chi connectivity index (χ0) is 19.1. The van der Waals surface area contributed by atoms with Gasteiger partial charge in [-0.2, -0.15) is 0 Å². The van der Waals surface area contributed by atoms with E-state index in [9.17, 15) is 4.79 Å². The first-order chi connectivity index (χ1) is 13.1. The van der Waals surface area contributed by atoms with Crippen molar-refractivity contribution in [3.8, 4) is 22.6 Å². The first-order valence-electron chi connectivity index (χ1n) is 8.74. The molecular weight excluding hydrogens is 342 g/mol. The lowest BCUT2D eigenvalue weighted by Crippen LogP contribution is -2.34. The second kappa shape index (κ2) is 6.46. The standard InChI is InChI=1S/C21H21N3O3/c1-24-11-9-14-17(21(24)25)20(27-3)18-16(19(14)26-2)13(8-10-23-18)12-6-4-5-7-15(12)22/h4-8,10H,9,11,22H2,1-3H3. The van der Waals surface area contributed by atoms with Crippen molar-refractivity contribution in [2.45, 2.75) is 6.42 Å². The third-order valence-corrected chi connectivity index (χ3v) is 5.11. The zero-order valence-electron chi connectivity index (χ0n) is 15.6. The summed E-state index contributed by atoms with van der Waals surface area (Å²) >= 11 is 0. The number of hydrogen-bond acceptors (Lipinski definition) is 5. The van der Waals surface area contributed by atoms with E-state index in [2.05, 4.69) is 4.98 Å². The predicted molar refractivity (Wildman–Crippen MR) is 105 cm³/mol. The Bertz CT molecular complexity index is 1060. The Morgan fingerprint density at radius 3 is 2.52 bits per heavy atom. The number of benzene rings is 2. The molecule has 0 aliphatic carbocycles. The lowest BCUT2D eigenvalue weighted by molar-refractivity contribution is 0.0776. The Kier molecular flexibility index (Phi) is 4.11. The summed E-state index contributed by atoms with van der Waals surface area (Å²) in [6.45, 7) is 0.625. The minimum Gasteiger partial charge on any atom is -0.496 e.